The Hall–Kier alpha value is -3.52. The maximum absolute atomic E-state index is 13.2. The number of rotatable bonds is 9. The van der Waals surface area contributed by atoms with Crippen LogP contribution in [-0.2, 0) is 18.4 Å². The lowest BCUT2D eigenvalue weighted by Gasteiger charge is -2.28. The first-order valence-corrected chi connectivity index (χ1v) is 11.6. The molecule has 8 heteroatoms. The van der Waals surface area contributed by atoms with Gasteiger partial charge in [-0.05, 0) is 30.5 Å². The molecular formula is C26H30N4O4. The van der Waals surface area contributed by atoms with Gasteiger partial charge in [0.1, 0.15) is 12.4 Å². The molecule has 1 saturated carbocycles. The smallest absolute Gasteiger partial charge is 0.294 e. The van der Waals surface area contributed by atoms with Crippen molar-refractivity contribution in [3.63, 3.8) is 0 Å². The standard InChI is InChI=1S/C26H30N4O4/c1-30(15-16-31)25(33)22-23(34-18-19-9-3-2-4-10-19)24(32)29-21(28-22)17-26(12-6-7-13-26)20-11-5-8-14-27-20/h2-5,8-11,14,31H,6-7,12-13,15-18H2,1H3,(H,28,29,32). The second kappa shape index (κ2) is 10.6. The largest absolute Gasteiger partial charge is 0.481 e. The van der Waals surface area contributed by atoms with Gasteiger partial charge < -0.3 is 19.7 Å². The Balaban J connectivity index is 1.70. The fraction of sp³-hybridized carbons (Fsp3) is 0.385. The summed E-state index contributed by atoms with van der Waals surface area (Å²) in [6.07, 6.45) is 6.28. The lowest BCUT2D eigenvalue weighted by atomic mass is 9.79. The van der Waals surface area contributed by atoms with E-state index in [-0.39, 0.29) is 36.6 Å². The van der Waals surface area contributed by atoms with Crippen LogP contribution in [0.3, 0.4) is 0 Å². The SMILES string of the molecule is CN(CCO)C(=O)c1nc(CC2(c3ccccn3)CCCC2)[nH]c(=O)c1OCc1ccccc1. The van der Waals surface area contributed by atoms with Crippen LogP contribution in [0.2, 0.25) is 0 Å². The number of likely N-dealkylation sites (N-methyl/N-ethyl adjacent to an activating group) is 1. The molecule has 2 heterocycles. The number of pyridine rings is 1. The van der Waals surface area contributed by atoms with Crippen molar-refractivity contribution in [3.05, 3.63) is 87.9 Å². The maximum atomic E-state index is 13.2. The second-order valence-corrected chi connectivity index (χ2v) is 8.79. The van der Waals surface area contributed by atoms with Gasteiger partial charge in [0.15, 0.2) is 5.69 Å². The first kappa shape index (κ1) is 23.6. The molecule has 0 unspecified atom stereocenters. The van der Waals surface area contributed by atoms with Gasteiger partial charge in [-0.2, -0.15) is 0 Å². The first-order valence-electron chi connectivity index (χ1n) is 11.6. The normalized spacial score (nSPS) is 14.6. The number of nitrogens with one attached hydrogen (secondary N) is 1. The summed E-state index contributed by atoms with van der Waals surface area (Å²) in [6.45, 7) is 0.0622. The number of benzene rings is 1. The van der Waals surface area contributed by atoms with E-state index in [1.54, 1.807) is 13.2 Å². The van der Waals surface area contributed by atoms with Gasteiger partial charge in [0.05, 0.1) is 6.61 Å². The van der Waals surface area contributed by atoms with Crippen LogP contribution in [0.5, 0.6) is 5.75 Å². The highest BCUT2D eigenvalue weighted by Crippen LogP contribution is 2.42. The fourth-order valence-corrected chi connectivity index (χ4v) is 4.61. The summed E-state index contributed by atoms with van der Waals surface area (Å²) in [6, 6.07) is 15.3. The van der Waals surface area contributed by atoms with Crippen molar-refractivity contribution < 1.29 is 14.6 Å². The van der Waals surface area contributed by atoms with Gasteiger partial charge in [-0.3, -0.25) is 14.6 Å². The Kier molecular flexibility index (Phi) is 7.37. The monoisotopic (exact) mass is 462 g/mol. The number of hydrogen-bond donors (Lipinski definition) is 2. The van der Waals surface area contributed by atoms with E-state index >= 15 is 0 Å². The summed E-state index contributed by atoms with van der Waals surface area (Å²) in [7, 11) is 1.56. The average Bonchev–Trinajstić information content (AvgIpc) is 3.33. The number of hydrogen-bond acceptors (Lipinski definition) is 6. The molecule has 4 rings (SSSR count). The summed E-state index contributed by atoms with van der Waals surface area (Å²) < 4.78 is 5.81. The molecule has 0 bridgehead atoms. The quantitative estimate of drug-likeness (QED) is 0.506. The van der Waals surface area contributed by atoms with Crippen molar-refractivity contribution in [2.24, 2.45) is 0 Å². The predicted molar refractivity (Wildman–Crippen MR) is 128 cm³/mol. The third kappa shape index (κ3) is 5.17. The van der Waals surface area contributed by atoms with E-state index < -0.39 is 11.5 Å². The fourth-order valence-electron chi connectivity index (χ4n) is 4.61. The molecule has 1 aromatic carbocycles. The molecule has 34 heavy (non-hydrogen) atoms. The average molecular weight is 463 g/mol. The lowest BCUT2D eigenvalue weighted by Crippen LogP contribution is -2.34. The van der Waals surface area contributed by atoms with E-state index in [9.17, 15) is 14.7 Å². The predicted octanol–water partition coefficient (Wildman–Crippen LogP) is 2.86. The summed E-state index contributed by atoms with van der Waals surface area (Å²) in [5.74, 6) is -0.145. The molecule has 178 valence electrons. The minimum absolute atomic E-state index is 0.0419. The number of carbonyl (C=O) groups is 1. The Bertz CT molecular complexity index is 1160. The first-order chi connectivity index (χ1) is 16.5. The number of amides is 1. The van der Waals surface area contributed by atoms with Crippen LogP contribution in [-0.4, -0.2) is 51.1 Å². The van der Waals surface area contributed by atoms with Crippen LogP contribution < -0.4 is 10.3 Å². The number of carbonyl (C=O) groups excluding carboxylic acids is 1. The molecule has 8 nitrogen and oxygen atoms in total. The third-order valence-electron chi connectivity index (χ3n) is 6.41. The molecule has 1 fully saturated rings. The number of H-pyrrole nitrogens is 1. The summed E-state index contributed by atoms with van der Waals surface area (Å²) in [4.78, 5) is 39.7. The highest BCUT2D eigenvalue weighted by molar-refractivity contribution is 5.94. The van der Waals surface area contributed by atoms with Crippen molar-refractivity contribution in [1.82, 2.24) is 19.9 Å². The minimum atomic E-state index is -0.490. The van der Waals surface area contributed by atoms with Crippen molar-refractivity contribution in [1.29, 1.82) is 0 Å². The Morgan fingerprint density at radius 2 is 1.88 bits per heavy atom. The Morgan fingerprint density at radius 1 is 1.15 bits per heavy atom. The number of ether oxygens (including phenoxy) is 1. The number of aromatic amines is 1. The van der Waals surface area contributed by atoms with Crippen LogP contribution >= 0.6 is 0 Å². The van der Waals surface area contributed by atoms with Gasteiger partial charge in [0, 0.05) is 37.3 Å². The highest BCUT2D eigenvalue weighted by Gasteiger charge is 2.38. The van der Waals surface area contributed by atoms with E-state index in [0.717, 1.165) is 36.9 Å². The summed E-state index contributed by atoms with van der Waals surface area (Å²) in [5.41, 5.74) is 1.08. The Labute approximate surface area is 198 Å². The van der Waals surface area contributed by atoms with Gasteiger partial charge in [0.25, 0.3) is 11.5 Å². The molecule has 1 amide bonds. The third-order valence-corrected chi connectivity index (χ3v) is 6.41. The Morgan fingerprint density at radius 3 is 2.56 bits per heavy atom. The molecule has 1 aliphatic rings. The van der Waals surface area contributed by atoms with E-state index in [1.807, 2.05) is 48.5 Å². The molecule has 0 atom stereocenters. The molecular weight excluding hydrogens is 432 g/mol. The molecule has 1 aliphatic carbocycles. The zero-order chi connectivity index (χ0) is 24.0. The molecule has 0 spiro atoms. The summed E-state index contributed by atoms with van der Waals surface area (Å²) >= 11 is 0. The van der Waals surface area contributed by atoms with E-state index in [0.29, 0.717) is 12.2 Å². The zero-order valence-corrected chi connectivity index (χ0v) is 19.4. The molecule has 0 saturated heterocycles. The van der Waals surface area contributed by atoms with Gasteiger partial charge in [-0.15, -0.1) is 0 Å². The van der Waals surface area contributed by atoms with Crippen molar-refractivity contribution in [2.75, 3.05) is 20.2 Å². The topological polar surface area (TPSA) is 108 Å². The van der Waals surface area contributed by atoms with Crippen LogP contribution in [0, 0.1) is 0 Å². The van der Waals surface area contributed by atoms with Crippen molar-refractivity contribution in [3.8, 4) is 5.75 Å². The number of aromatic nitrogens is 3. The molecule has 3 aromatic rings. The van der Waals surface area contributed by atoms with E-state index in [1.165, 1.54) is 4.90 Å². The maximum Gasteiger partial charge on any atom is 0.294 e. The molecule has 0 aliphatic heterocycles. The number of aliphatic hydroxyl groups excluding tert-OH is 1. The van der Waals surface area contributed by atoms with Crippen LogP contribution in [0.15, 0.2) is 59.5 Å². The van der Waals surface area contributed by atoms with E-state index in [4.69, 9.17) is 4.74 Å². The van der Waals surface area contributed by atoms with Gasteiger partial charge in [0.2, 0.25) is 5.75 Å². The van der Waals surface area contributed by atoms with Gasteiger partial charge in [-0.1, -0.05) is 49.2 Å². The molecule has 0 radical (unpaired) electrons. The van der Waals surface area contributed by atoms with Crippen molar-refractivity contribution in [2.45, 2.75) is 44.1 Å². The van der Waals surface area contributed by atoms with Gasteiger partial charge in [-0.25, -0.2) is 4.98 Å². The number of aliphatic hydroxyl groups is 1. The van der Waals surface area contributed by atoms with E-state index in [2.05, 4.69) is 15.0 Å². The second-order valence-electron chi connectivity index (χ2n) is 8.79. The zero-order valence-electron chi connectivity index (χ0n) is 19.4. The van der Waals surface area contributed by atoms with Crippen LogP contribution in [0.4, 0.5) is 0 Å². The molecule has 2 N–H and O–H groups in total. The number of nitrogens with zero attached hydrogens (tertiary/aromatic N) is 3. The van der Waals surface area contributed by atoms with Crippen molar-refractivity contribution >= 4 is 5.91 Å². The highest BCUT2D eigenvalue weighted by atomic mass is 16.5. The van der Waals surface area contributed by atoms with Crippen LogP contribution in [0.25, 0.3) is 0 Å². The summed E-state index contributed by atoms with van der Waals surface area (Å²) in [5, 5.41) is 9.29. The van der Waals surface area contributed by atoms with Crippen LogP contribution in [0.1, 0.15) is 53.3 Å². The minimum Gasteiger partial charge on any atom is -0.481 e. The van der Waals surface area contributed by atoms with Gasteiger partial charge >= 0.3 is 0 Å². The molecule has 2 aromatic heterocycles. The lowest BCUT2D eigenvalue weighted by molar-refractivity contribution is 0.0754.